The Hall–Kier alpha value is -2.94. The Labute approximate surface area is 180 Å². The van der Waals surface area contributed by atoms with E-state index in [9.17, 15) is 9.59 Å². The van der Waals surface area contributed by atoms with Gasteiger partial charge in [0.1, 0.15) is 0 Å². The molecule has 164 valence electrons. The molecule has 0 saturated carbocycles. The van der Waals surface area contributed by atoms with Gasteiger partial charge in [-0.25, -0.2) is 9.50 Å². The smallest absolute Gasteiger partial charge is 0.293 e. The second-order valence-corrected chi connectivity index (χ2v) is 8.75. The number of aromatic amines is 1. The van der Waals surface area contributed by atoms with Crippen molar-refractivity contribution in [3.05, 3.63) is 50.9 Å². The number of H-pyrrole nitrogens is 1. The monoisotopic (exact) mass is 424 g/mol. The molecule has 3 aromatic rings. The van der Waals surface area contributed by atoms with Gasteiger partial charge in [0.2, 0.25) is 5.76 Å². The summed E-state index contributed by atoms with van der Waals surface area (Å²) in [5.74, 6) is 0.0972. The van der Waals surface area contributed by atoms with Gasteiger partial charge in [-0.15, -0.1) is 0 Å². The summed E-state index contributed by atoms with van der Waals surface area (Å²) in [6.07, 6.45) is 3.14. The van der Waals surface area contributed by atoms with Crippen LogP contribution in [0.1, 0.15) is 72.9 Å². The highest BCUT2D eigenvalue weighted by atomic mass is 16.5. The lowest BCUT2D eigenvalue weighted by atomic mass is 10.1. The summed E-state index contributed by atoms with van der Waals surface area (Å²) in [7, 11) is 0. The molecule has 9 heteroatoms. The molecule has 5 rings (SSSR count). The number of rotatable bonds is 4. The third-order valence-corrected chi connectivity index (χ3v) is 6.55. The van der Waals surface area contributed by atoms with Crippen LogP contribution in [0.2, 0.25) is 0 Å². The molecular weight excluding hydrogens is 396 g/mol. The van der Waals surface area contributed by atoms with Crippen molar-refractivity contribution in [1.82, 2.24) is 29.6 Å². The maximum absolute atomic E-state index is 13.1. The highest BCUT2D eigenvalue weighted by Gasteiger charge is 2.34. The van der Waals surface area contributed by atoms with Crippen molar-refractivity contribution in [2.24, 2.45) is 0 Å². The molecule has 0 spiro atoms. The number of hydrogen-bond acceptors (Lipinski definition) is 6. The molecule has 2 aliphatic heterocycles. The number of fused-ring (bicyclic) bond motifs is 2. The van der Waals surface area contributed by atoms with E-state index in [0.717, 1.165) is 48.5 Å². The summed E-state index contributed by atoms with van der Waals surface area (Å²) in [4.78, 5) is 35.1. The van der Waals surface area contributed by atoms with Crippen LogP contribution in [0.5, 0.6) is 0 Å². The molecule has 0 unspecified atom stereocenters. The molecule has 0 radical (unpaired) electrons. The summed E-state index contributed by atoms with van der Waals surface area (Å²) in [5.41, 5.74) is 3.82. The summed E-state index contributed by atoms with van der Waals surface area (Å²) < 4.78 is 6.80. The van der Waals surface area contributed by atoms with E-state index in [2.05, 4.69) is 29.0 Å². The fourth-order valence-electron chi connectivity index (χ4n) is 4.70. The standard InChI is InChI=1S/C22H28N6O3/c1-4-14-10-19(31-25-14)22(30)27-8-5-6-18(27)16-11-20-23-17-12-26(13(2)3)9-7-15(17)21(29)28(20)24-16/h10-11,13,18,24H,4-9,12H2,1-3H3/t18-/m0/s1. The van der Waals surface area contributed by atoms with Gasteiger partial charge in [0.25, 0.3) is 11.5 Å². The maximum atomic E-state index is 13.1. The first-order valence-electron chi connectivity index (χ1n) is 11.1. The van der Waals surface area contributed by atoms with Gasteiger partial charge < -0.3 is 9.42 Å². The van der Waals surface area contributed by atoms with E-state index < -0.39 is 0 Å². The molecule has 1 fully saturated rings. The second kappa shape index (κ2) is 7.64. The molecule has 1 saturated heterocycles. The number of carbonyl (C=O) groups excluding carboxylic acids is 1. The van der Waals surface area contributed by atoms with Gasteiger partial charge in [0.15, 0.2) is 5.65 Å². The number of likely N-dealkylation sites (tertiary alicyclic amines) is 1. The van der Waals surface area contributed by atoms with Crippen LogP contribution in [0.4, 0.5) is 0 Å². The van der Waals surface area contributed by atoms with Gasteiger partial charge in [-0.1, -0.05) is 12.1 Å². The van der Waals surface area contributed by atoms with Gasteiger partial charge in [0, 0.05) is 43.4 Å². The highest BCUT2D eigenvalue weighted by Crippen LogP contribution is 2.33. The maximum Gasteiger partial charge on any atom is 0.293 e. The van der Waals surface area contributed by atoms with E-state index in [4.69, 9.17) is 9.51 Å². The topological polar surface area (TPSA) is 99.7 Å². The first-order chi connectivity index (χ1) is 15.0. The van der Waals surface area contributed by atoms with Gasteiger partial charge in [-0.2, -0.15) is 0 Å². The summed E-state index contributed by atoms with van der Waals surface area (Å²) in [5, 5.41) is 7.17. The van der Waals surface area contributed by atoms with Crippen LogP contribution in [0.15, 0.2) is 21.5 Å². The van der Waals surface area contributed by atoms with Crippen molar-refractivity contribution in [2.45, 2.75) is 65.1 Å². The third kappa shape index (κ3) is 3.37. The van der Waals surface area contributed by atoms with Crippen molar-refractivity contribution in [1.29, 1.82) is 0 Å². The number of hydrogen-bond donors (Lipinski definition) is 1. The zero-order valence-corrected chi connectivity index (χ0v) is 18.2. The van der Waals surface area contributed by atoms with E-state index in [0.29, 0.717) is 31.2 Å². The quantitative estimate of drug-likeness (QED) is 0.690. The van der Waals surface area contributed by atoms with Gasteiger partial charge in [-0.05, 0) is 39.5 Å². The number of nitrogens with one attached hydrogen (secondary N) is 1. The van der Waals surface area contributed by atoms with Gasteiger partial charge in [-0.3, -0.25) is 19.6 Å². The lowest BCUT2D eigenvalue weighted by Gasteiger charge is -2.30. The van der Waals surface area contributed by atoms with Crippen molar-refractivity contribution in [3.63, 3.8) is 0 Å². The predicted octanol–water partition coefficient (Wildman–Crippen LogP) is 2.32. The minimum absolute atomic E-state index is 0.0339. The Morgan fingerprint density at radius 2 is 2.16 bits per heavy atom. The summed E-state index contributed by atoms with van der Waals surface area (Å²) in [6, 6.07) is 3.89. The molecule has 0 bridgehead atoms. The van der Waals surface area contributed by atoms with Crippen LogP contribution in [0, 0.1) is 0 Å². The largest absolute Gasteiger partial charge is 0.351 e. The Kier molecular flexibility index (Phi) is 4.92. The fraction of sp³-hybridized carbons (Fsp3) is 0.545. The lowest BCUT2D eigenvalue weighted by Crippen LogP contribution is -2.39. The van der Waals surface area contributed by atoms with E-state index in [-0.39, 0.29) is 23.3 Å². The van der Waals surface area contributed by atoms with Crippen molar-refractivity contribution < 1.29 is 9.32 Å². The molecule has 1 N–H and O–H groups in total. The van der Waals surface area contributed by atoms with E-state index >= 15 is 0 Å². The van der Waals surface area contributed by atoms with Crippen LogP contribution in [-0.2, 0) is 19.4 Å². The molecule has 5 heterocycles. The van der Waals surface area contributed by atoms with Crippen LogP contribution in [0.3, 0.4) is 0 Å². The molecule has 31 heavy (non-hydrogen) atoms. The average molecular weight is 425 g/mol. The minimum atomic E-state index is -0.166. The van der Waals surface area contributed by atoms with E-state index in [1.807, 2.05) is 13.0 Å². The molecular formula is C22H28N6O3. The molecule has 1 amide bonds. The molecule has 0 aromatic carbocycles. The van der Waals surface area contributed by atoms with E-state index in [1.54, 1.807) is 11.0 Å². The Morgan fingerprint density at radius 3 is 2.90 bits per heavy atom. The molecule has 9 nitrogen and oxygen atoms in total. The minimum Gasteiger partial charge on any atom is -0.351 e. The molecule has 3 aromatic heterocycles. The molecule has 2 aliphatic rings. The van der Waals surface area contributed by atoms with Gasteiger partial charge in [0.05, 0.1) is 23.1 Å². The van der Waals surface area contributed by atoms with E-state index in [1.165, 1.54) is 4.52 Å². The number of carbonyl (C=O) groups is 1. The normalized spacial score (nSPS) is 19.5. The number of aromatic nitrogens is 4. The van der Waals surface area contributed by atoms with Crippen molar-refractivity contribution in [2.75, 3.05) is 13.1 Å². The van der Waals surface area contributed by atoms with Crippen LogP contribution in [0.25, 0.3) is 5.65 Å². The number of nitrogens with zero attached hydrogens (tertiary/aromatic N) is 5. The SMILES string of the molecule is CCc1cc(C(=O)N2CCC[C@H]2c2cc3nc4c(c(=O)n3[nH]2)CCN(C(C)C)C4)on1. The van der Waals surface area contributed by atoms with Gasteiger partial charge >= 0.3 is 0 Å². The highest BCUT2D eigenvalue weighted by molar-refractivity contribution is 5.92. The second-order valence-electron chi connectivity index (χ2n) is 8.75. The van der Waals surface area contributed by atoms with Crippen molar-refractivity contribution >= 4 is 11.6 Å². The van der Waals surface area contributed by atoms with Crippen molar-refractivity contribution in [3.8, 4) is 0 Å². The van der Waals surface area contributed by atoms with Crippen LogP contribution < -0.4 is 5.56 Å². The third-order valence-electron chi connectivity index (χ3n) is 6.55. The molecule has 1 atom stereocenters. The first kappa shape index (κ1) is 20.0. The Bertz CT molecular complexity index is 1190. The zero-order valence-electron chi connectivity index (χ0n) is 18.2. The lowest BCUT2D eigenvalue weighted by molar-refractivity contribution is 0.0690. The fourth-order valence-corrected chi connectivity index (χ4v) is 4.70. The summed E-state index contributed by atoms with van der Waals surface area (Å²) in [6.45, 7) is 8.49. The number of amides is 1. The average Bonchev–Trinajstić information content (AvgIpc) is 3.51. The zero-order chi connectivity index (χ0) is 21.7. The predicted molar refractivity (Wildman–Crippen MR) is 114 cm³/mol. The van der Waals surface area contributed by atoms with Crippen LogP contribution >= 0.6 is 0 Å². The first-order valence-corrected chi connectivity index (χ1v) is 11.1. The summed E-state index contributed by atoms with van der Waals surface area (Å²) >= 11 is 0. The Balaban J connectivity index is 1.48. The Morgan fingerprint density at radius 1 is 1.32 bits per heavy atom. The molecule has 0 aliphatic carbocycles. The number of aryl methyl sites for hydroxylation is 1. The van der Waals surface area contributed by atoms with Crippen LogP contribution in [-0.4, -0.2) is 54.6 Å².